The van der Waals surface area contributed by atoms with E-state index in [1.807, 2.05) is 297 Å². The fourth-order valence-electron chi connectivity index (χ4n) is 16.3. The maximum Gasteiger partial charge on any atom is 0.324 e. The molecular formula is C107H65N19O6. The molecular weight excluding hydrogens is 1650 g/mol. The number of rotatable bonds is 18. The summed E-state index contributed by atoms with van der Waals surface area (Å²) in [5.74, 6) is 1.03. The lowest BCUT2D eigenvalue weighted by molar-refractivity contribution is 0.825. The monoisotopic (exact) mass is 1710 g/mol. The van der Waals surface area contributed by atoms with Gasteiger partial charge in [-0.3, -0.25) is 33.3 Å². The first-order valence-electron chi connectivity index (χ1n) is 42.1. The molecule has 25 nitrogen and oxygen atoms in total. The Kier molecular flexibility index (Phi) is 20.1. The second-order valence-electron chi connectivity index (χ2n) is 30.9. The summed E-state index contributed by atoms with van der Waals surface area (Å²) in [6.45, 7) is 0. The lowest BCUT2D eigenvalue weighted by Crippen LogP contribution is -2.41. The van der Waals surface area contributed by atoms with Gasteiger partial charge < -0.3 is 0 Å². The highest BCUT2D eigenvalue weighted by molar-refractivity contribution is 5.84. The van der Waals surface area contributed by atoms with Crippen LogP contribution in [0.25, 0.3) is 204 Å². The molecule has 0 fully saturated rings. The van der Waals surface area contributed by atoms with Crippen molar-refractivity contribution in [3.05, 3.63) is 456 Å². The maximum absolute atomic E-state index is 15.6. The molecule has 25 heteroatoms. The number of benzene rings is 14. The van der Waals surface area contributed by atoms with E-state index in [1.54, 1.807) is 97.1 Å². The molecule has 14 aromatic carbocycles. The van der Waals surface area contributed by atoms with Gasteiger partial charge in [-0.15, -0.1) is 0 Å². The van der Waals surface area contributed by atoms with Crippen LogP contribution in [0.1, 0.15) is 0 Å². The Morgan fingerprint density at radius 1 is 0.136 bits per heavy atom. The lowest BCUT2D eigenvalue weighted by atomic mass is 9.99. The Morgan fingerprint density at radius 3 is 0.636 bits per heavy atom. The standard InChI is InChI=1S/C107H65N19O6/c127-97-98(128)124(86-49-23-22-48-85(86)121(97)80-46-20-7-21-47-80)105-115-91(71-36-14-4-15-37-71)112-94(118-105)74-58-54-66(55-59-74)67-56-60-75(61-57-67)95-113-92(72-38-16-5-17-39-72)116-106(119-95)125-89-52-26-27-53-90(89)126(102(132)101(125)131)107-117-93(73-40-18-6-19-41-73)114-96(120-107)79-45-29-43-77(63-79)76-42-28-44-78(62-76)84-65-83(70-34-12-3-13-35-70)110-104(111-84)123-88-51-25-24-50-87(88)122(99(129)100(123)130)103-108-81(68-30-8-1-9-31-68)64-82(109-103)69-32-10-2-11-33-69/h1-65H. The second-order valence-corrected chi connectivity index (χ2v) is 30.9. The topological polar surface area (TPSA) is 300 Å². The molecule has 0 bridgehead atoms. The van der Waals surface area contributed by atoms with Gasteiger partial charge in [-0.2, -0.15) is 29.9 Å². The summed E-state index contributed by atoms with van der Waals surface area (Å²) in [6.07, 6.45) is 0. The van der Waals surface area contributed by atoms with Gasteiger partial charge >= 0.3 is 33.4 Å². The van der Waals surface area contributed by atoms with Gasteiger partial charge in [-0.25, -0.2) is 57.7 Å². The van der Waals surface area contributed by atoms with Gasteiger partial charge in [0.05, 0.1) is 55.9 Å². The van der Waals surface area contributed by atoms with E-state index < -0.39 is 33.4 Å². The Balaban J connectivity index is 0.602. The Bertz CT molecular complexity index is 8660. The molecule has 0 unspecified atom stereocenters. The molecule has 0 saturated heterocycles. The second kappa shape index (κ2) is 33.5. The SMILES string of the molecule is O=c1c(=O)n(-c2nc(-c3ccccc3)nc(-c3ccc(-c4ccc(-c5nc(-c6ccccc6)nc(-n6c(=O)c(=O)n(-c7nc(-c8ccccc8)nc(-c8cccc(-c9cccc(-c%10cc(-c%11ccccc%11)nc(-n%11c(=O)c(=O)n(-c%12nc(-c%13ccccc%13)cc(-c%13ccccc%13)n%12)c%12ccccc%12%11)n%10)c9)c8)n7)c7ccccc76)n5)cc4)cc3)n2)c2ccccc2n1-c1ccccc1. The van der Waals surface area contributed by atoms with E-state index in [9.17, 15) is 9.59 Å². The van der Waals surface area contributed by atoms with Crippen LogP contribution in [-0.2, 0) is 0 Å². The molecule has 22 aromatic rings. The van der Waals surface area contributed by atoms with E-state index in [1.165, 1.54) is 27.4 Å². The van der Waals surface area contributed by atoms with Crippen molar-refractivity contribution in [1.29, 1.82) is 0 Å². The van der Waals surface area contributed by atoms with Crippen molar-refractivity contribution in [3.8, 4) is 171 Å². The summed E-state index contributed by atoms with van der Waals surface area (Å²) < 4.78 is 7.52. The zero-order chi connectivity index (χ0) is 88.9. The summed E-state index contributed by atoms with van der Waals surface area (Å²) in [6, 6.07) is 121. The average molecular weight is 1710 g/mol. The van der Waals surface area contributed by atoms with Crippen LogP contribution in [0.2, 0.25) is 0 Å². The highest BCUT2D eigenvalue weighted by atomic mass is 16.2. The van der Waals surface area contributed by atoms with Crippen molar-refractivity contribution in [2.45, 2.75) is 0 Å². The van der Waals surface area contributed by atoms with E-state index in [4.69, 9.17) is 64.8 Å². The normalized spacial score (nSPS) is 11.4. The number of para-hydroxylation sites is 7. The lowest BCUT2D eigenvalue weighted by Gasteiger charge is -2.16. The highest BCUT2D eigenvalue weighted by Gasteiger charge is 2.28. The minimum atomic E-state index is -1.01. The molecule has 624 valence electrons. The number of hydrogen-bond donors (Lipinski definition) is 0. The van der Waals surface area contributed by atoms with Gasteiger partial charge in [0.25, 0.3) is 0 Å². The van der Waals surface area contributed by atoms with Crippen molar-refractivity contribution in [2.75, 3.05) is 0 Å². The first-order chi connectivity index (χ1) is 64.9. The molecule has 132 heavy (non-hydrogen) atoms. The molecule has 0 N–H and O–H groups in total. The van der Waals surface area contributed by atoms with Crippen LogP contribution in [0.15, 0.2) is 423 Å². The van der Waals surface area contributed by atoms with Crippen molar-refractivity contribution < 1.29 is 0 Å². The van der Waals surface area contributed by atoms with Crippen molar-refractivity contribution >= 4 is 33.1 Å². The summed E-state index contributed by atoms with van der Waals surface area (Å²) in [4.78, 5) is 155. The predicted octanol–water partition coefficient (Wildman–Crippen LogP) is 18.2. The van der Waals surface area contributed by atoms with Crippen LogP contribution >= 0.6 is 0 Å². The molecule has 8 heterocycles. The maximum atomic E-state index is 15.6. The third-order valence-corrected chi connectivity index (χ3v) is 22.7. The molecule has 0 amide bonds. The summed E-state index contributed by atoms with van der Waals surface area (Å²) in [5.41, 5.74) is 8.77. The summed E-state index contributed by atoms with van der Waals surface area (Å²) in [7, 11) is 0. The Morgan fingerprint density at radius 2 is 0.333 bits per heavy atom. The van der Waals surface area contributed by atoms with Gasteiger partial charge in [0, 0.05) is 61.3 Å². The van der Waals surface area contributed by atoms with Crippen LogP contribution < -0.4 is 33.4 Å². The Hall–Kier alpha value is -18.9. The van der Waals surface area contributed by atoms with Gasteiger partial charge in [0.2, 0.25) is 29.7 Å². The molecule has 0 saturated carbocycles. The van der Waals surface area contributed by atoms with Crippen LogP contribution in [0, 0.1) is 0 Å². The van der Waals surface area contributed by atoms with E-state index >= 15 is 19.2 Å². The molecule has 0 radical (unpaired) electrons. The highest BCUT2D eigenvalue weighted by Crippen LogP contribution is 2.36. The average Bonchev–Trinajstić information content (AvgIpc) is 0.739. The van der Waals surface area contributed by atoms with Crippen LogP contribution in [0.4, 0.5) is 0 Å². The third kappa shape index (κ3) is 14.8. The molecule has 0 aliphatic rings. The molecule has 0 spiro atoms. The largest absolute Gasteiger partial charge is 0.324 e. The Labute approximate surface area is 748 Å². The molecule has 0 atom stereocenters. The van der Waals surface area contributed by atoms with Gasteiger partial charge in [-0.1, -0.05) is 322 Å². The quantitative estimate of drug-likeness (QED) is 0.0721. The predicted molar refractivity (Wildman–Crippen MR) is 509 cm³/mol. The van der Waals surface area contributed by atoms with Gasteiger partial charge in [0.15, 0.2) is 34.9 Å². The molecule has 0 aliphatic heterocycles. The van der Waals surface area contributed by atoms with Crippen LogP contribution in [-0.4, -0.2) is 92.2 Å². The minimum absolute atomic E-state index is 0.00731. The number of fused-ring (bicyclic) bond motifs is 3. The van der Waals surface area contributed by atoms with Crippen molar-refractivity contribution in [2.24, 2.45) is 0 Å². The van der Waals surface area contributed by atoms with E-state index in [0.29, 0.717) is 95.3 Å². The smallest absolute Gasteiger partial charge is 0.271 e. The molecule has 22 rings (SSSR count). The summed E-state index contributed by atoms with van der Waals surface area (Å²) in [5, 5.41) is 0. The minimum Gasteiger partial charge on any atom is -0.271 e. The van der Waals surface area contributed by atoms with Crippen molar-refractivity contribution in [1.82, 2.24) is 92.2 Å². The number of hydrogen-bond acceptors (Lipinski definition) is 19. The van der Waals surface area contributed by atoms with E-state index in [-0.39, 0.29) is 69.9 Å². The van der Waals surface area contributed by atoms with Crippen LogP contribution in [0.5, 0.6) is 0 Å². The van der Waals surface area contributed by atoms with E-state index in [0.717, 1.165) is 38.9 Å². The van der Waals surface area contributed by atoms with E-state index in [2.05, 4.69) is 0 Å². The van der Waals surface area contributed by atoms with Gasteiger partial charge in [0.1, 0.15) is 0 Å². The zero-order valence-electron chi connectivity index (χ0n) is 69.5. The first-order valence-corrected chi connectivity index (χ1v) is 42.1. The zero-order valence-corrected chi connectivity index (χ0v) is 69.5. The van der Waals surface area contributed by atoms with Crippen LogP contribution in [0.3, 0.4) is 0 Å². The fraction of sp³-hybridized carbons (Fsp3) is 0. The van der Waals surface area contributed by atoms with Gasteiger partial charge in [-0.05, 0) is 95.1 Å². The molecule has 8 aromatic heterocycles. The first kappa shape index (κ1) is 79.0. The van der Waals surface area contributed by atoms with Crippen molar-refractivity contribution in [3.63, 3.8) is 0 Å². The number of nitrogens with zero attached hydrogens (tertiary/aromatic N) is 19. The third-order valence-electron chi connectivity index (χ3n) is 22.7. The molecule has 0 aliphatic carbocycles. The summed E-state index contributed by atoms with van der Waals surface area (Å²) >= 11 is 0. The fourth-order valence-corrected chi connectivity index (χ4v) is 16.3. The number of aromatic nitrogens is 19.